The van der Waals surface area contributed by atoms with Crippen LogP contribution in [-0.4, -0.2) is 0 Å². The van der Waals surface area contributed by atoms with Gasteiger partial charge in [-0.05, 0) is 34.4 Å². The summed E-state index contributed by atoms with van der Waals surface area (Å²) < 4.78 is 1.08. The van der Waals surface area contributed by atoms with E-state index in [1.165, 1.54) is 11.1 Å². The summed E-state index contributed by atoms with van der Waals surface area (Å²) in [5.41, 5.74) is 4.61. The van der Waals surface area contributed by atoms with Gasteiger partial charge in [0.1, 0.15) is 0 Å². The zero-order valence-electron chi connectivity index (χ0n) is 9.49. The first kappa shape index (κ1) is 11.9. The monoisotopic (exact) mass is 284 g/mol. The van der Waals surface area contributed by atoms with Gasteiger partial charge >= 0.3 is 0 Å². The van der Waals surface area contributed by atoms with Gasteiger partial charge in [0.25, 0.3) is 0 Å². The summed E-state index contributed by atoms with van der Waals surface area (Å²) in [7, 11) is 0. The number of benzene rings is 2. The molecule has 0 aliphatic rings. The van der Waals surface area contributed by atoms with Gasteiger partial charge in [-0.3, -0.25) is 0 Å². The minimum Gasteiger partial charge on any atom is -0.0984 e. The Balaban J connectivity index is 2.62. The SMILES string of the molecule is C=Cc1cccc(-c2ccc(Br)cc2)c1C=C. The largest absolute Gasteiger partial charge is 0.0984 e. The lowest BCUT2D eigenvalue weighted by atomic mass is 9.95. The summed E-state index contributed by atoms with van der Waals surface area (Å²) in [6, 6.07) is 14.5. The van der Waals surface area contributed by atoms with Gasteiger partial charge in [0, 0.05) is 4.47 Å². The summed E-state index contributed by atoms with van der Waals surface area (Å²) in [6.45, 7) is 7.72. The summed E-state index contributed by atoms with van der Waals surface area (Å²) in [6.07, 6.45) is 3.74. The van der Waals surface area contributed by atoms with Crippen LogP contribution in [0, 0.1) is 0 Å². The third-order valence-corrected chi connectivity index (χ3v) is 3.25. The van der Waals surface area contributed by atoms with Crippen molar-refractivity contribution in [2.45, 2.75) is 0 Å². The highest BCUT2D eigenvalue weighted by Crippen LogP contribution is 2.28. The number of rotatable bonds is 3. The fourth-order valence-corrected chi connectivity index (χ4v) is 2.13. The van der Waals surface area contributed by atoms with E-state index in [0.717, 1.165) is 15.6 Å². The molecule has 0 N–H and O–H groups in total. The molecule has 17 heavy (non-hydrogen) atoms. The zero-order chi connectivity index (χ0) is 12.3. The maximum absolute atomic E-state index is 3.89. The van der Waals surface area contributed by atoms with Crippen molar-refractivity contribution < 1.29 is 0 Å². The molecule has 0 nitrogen and oxygen atoms in total. The Hall–Kier alpha value is -1.60. The van der Waals surface area contributed by atoms with Gasteiger partial charge in [0.05, 0.1) is 0 Å². The second-order valence-electron chi connectivity index (χ2n) is 3.72. The Labute approximate surface area is 110 Å². The molecule has 0 aliphatic heterocycles. The van der Waals surface area contributed by atoms with E-state index in [-0.39, 0.29) is 0 Å². The maximum Gasteiger partial charge on any atom is 0.0175 e. The molecule has 0 atom stereocenters. The Morgan fingerprint density at radius 2 is 1.59 bits per heavy atom. The zero-order valence-corrected chi connectivity index (χ0v) is 11.1. The quantitative estimate of drug-likeness (QED) is 0.708. The Morgan fingerprint density at radius 3 is 2.18 bits per heavy atom. The number of hydrogen-bond donors (Lipinski definition) is 0. The first-order valence-corrected chi connectivity index (χ1v) is 6.19. The summed E-state index contributed by atoms with van der Waals surface area (Å²) in [5.74, 6) is 0. The molecule has 2 aromatic carbocycles. The van der Waals surface area contributed by atoms with Gasteiger partial charge in [0.15, 0.2) is 0 Å². The normalized spacial score (nSPS) is 9.94. The predicted octanol–water partition coefficient (Wildman–Crippen LogP) is 5.40. The van der Waals surface area contributed by atoms with Gasteiger partial charge in [-0.1, -0.05) is 71.6 Å². The molecule has 84 valence electrons. The Kier molecular flexibility index (Phi) is 3.60. The highest BCUT2D eigenvalue weighted by Gasteiger charge is 2.05. The third kappa shape index (κ3) is 2.40. The molecule has 0 unspecified atom stereocenters. The van der Waals surface area contributed by atoms with Crippen molar-refractivity contribution in [1.29, 1.82) is 0 Å². The van der Waals surface area contributed by atoms with E-state index in [4.69, 9.17) is 0 Å². The van der Waals surface area contributed by atoms with Crippen LogP contribution in [0.5, 0.6) is 0 Å². The first-order valence-electron chi connectivity index (χ1n) is 5.40. The van der Waals surface area contributed by atoms with Crippen LogP contribution in [0.25, 0.3) is 23.3 Å². The lowest BCUT2D eigenvalue weighted by molar-refractivity contribution is 1.56. The van der Waals surface area contributed by atoms with Crippen molar-refractivity contribution in [2.75, 3.05) is 0 Å². The predicted molar refractivity (Wildman–Crippen MR) is 79.8 cm³/mol. The minimum atomic E-state index is 1.08. The van der Waals surface area contributed by atoms with E-state index >= 15 is 0 Å². The molecule has 0 amide bonds. The van der Waals surface area contributed by atoms with Crippen LogP contribution in [0.4, 0.5) is 0 Å². The third-order valence-electron chi connectivity index (χ3n) is 2.72. The molecule has 1 heteroatoms. The molecular formula is C16H13Br. The van der Waals surface area contributed by atoms with Crippen LogP contribution in [0.2, 0.25) is 0 Å². The van der Waals surface area contributed by atoms with Gasteiger partial charge in [0.2, 0.25) is 0 Å². The maximum atomic E-state index is 3.89. The molecule has 2 rings (SSSR count). The standard InChI is InChI=1S/C16H13Br/c1-3-12-6-5-7-16(15(12)4-2)13-8-10-14(17)11-9-13/h3-11H,1-2H2. The van der Waals surface area contributed by atoms with Crippen LogP contribution in [-0.2, 0) is 0 Å². The molecule has 0 fully saturated rings. The second kappa shape index (κ2) is 5.15. The topological polar surface area (TPSA) is 0 Å². The average molecular weight is 285 g/mol. The van der Waals surface area contributed by atoms with E-state index in [1.54, 1.807) is 0 Å². The lowest BCUT2D eigenvalue weighted by Crippen LogP contribution is -1.86. The minimum absolute atomic E-state index is 1.08. The highest BCUT2D eigenvalue weighted by molar-refractivity contribution is 9.10. The van der Waals surface area contributed by atoms with Crippen molar-refractivity contribution in [3.8, 4) is 11.1 Å². The van der Waals surface area contributed by atoms with Crippen molar-refractivity contribution in [3.05, 3.63) is 71.2 Å². The van der Waals surface area contributed by atoms with Crippen molar-refractivity contribution in [1.82, 2.24) is 0 Å². The Morgan fingerprint density at radius 1 is 0.882 bits per heavy atom. The number of hydrogen-bond acceptors (Lipinski definition) is 0. The van der Waals surface area contributed by atoms with E-state index in [9.17, 15) is 0 Å². The number of halogens is 1. The molecule has 0 aromatic heterocycles. The second-order valence-corrected chi connectivity index (χ2v) is 4.64. The molecule has 0 saturated carbocycles. The van der Waals surface area contributed by atoms with Gasteiger partial charge in [-0.15, -0.1) is 0 Å². The molecular weight excluding hydrogens is 272 g/mol. The Bertz CT molecular complexity index is 550. The molecule has 0 spiro atoms. The average Bonchev–Trinajstić information content (AvgIpc) is 2.38. The molecule has 0 heterocycles. The smallest absolute Gasteiger partial charge is 0.0175 e. The highest BCUT2D eigenvalue weighted by atomic mass is 79.9. The van der Waals surface area contributed by atoms with E-state index < -0.39 is 0 Å². The van der Waals surface area contributed by atoms with Gasteiger partial charge < -0.3 is 0 Å². The van der Waals surface area contributed by atoms with Crippen molar-refractivity contribution in [3.63, 3.8) is 0 Å². The van der Waals surface area contributed by atoms with E-state index in [2.05, 4.69) is 47.3 Å². The van der Waals surface area contributed by atoms with E-state index in [1.807, 2.05) is 36.4 Å². The molecule has 0 aliphatic carbocycles. The van der Waals surface area contributed by atoms with Crippen LogP contribution >= 0.6 is 15.9 Å². The van der Waals surface area contributed by atoms with Crippen LogP contribution in [0.3, 0.4) is 0 Å². The van der Waals surface area contributed by atoms with Crippen molar-refractivity contribution >= 4 is 28.1 Å². The molecule has 0 bridgehead atoms. The van der Waals surface area contributed by atoms with Crippen LogP contribution in [0.15, 0.2) is 60.1 Å². The van der Waals surface area contributed by atoms with Gasteiger partial charge in [-0.25, -0.2) is 0 Å². The van der Waals surface area contributed by atoms with Crippen LogP contribution in [0.1, 0.15) is 11.1 Å². The summed E-state index contributed by atoms with van der Waals surface area (Å²) in [4.78, 5) is 0. The fourth-order valence-electron chi connectivity index (χ4n) is 1.87. The van der Waals surface area contributed by atoms with Crippen LogP contribution < -0.4 is 0 Å². The van der Waals surface area contributed by atoms with Crippen molar-refractivity contribution in [2.24, 2.45) is 0 Å². The molecule has 0 radical (unpaired) electrons. The lowest BCUT2D eigenvalue weighted by Gasteiger charge is -2.09. The first-order chi connectivity index (χ1) is 8.26. The van der Waals surface area contributed by atoms with Gasteiger partial charge in [-0.2, -0.15) is 0 Å². The molecule has 2 aromatic rings. The summed E-state index contributed by atoms with van der Waals surface area (Å²) >= 11 is 3.45. The molecule has 0 saturated heterocycles. The fraction of sp³-hybridized carbons (Fsp3) is 0. The summed E-state index contributed by atoms with van der Waals surface area (Å²) in [5, 5.41) is 0. The van der Waals surface area contributed by atoms with E-state index in [0.29, 0.717) is 0 Å².